The van der Waals surface area contributed by atoms with Gasteiger partial charge in [-0.05, 0) is 32.4 Å². The molecule has 0 aliphatic rings. The van der Waals surface area contributed by atoms with Crippen LogP contribution in [0.25, 0.3) is 6.08 Å². The van der Waals surface area contributed by atoms with Gasteiger partial charge < -0.3 is 4.74 Å². The summed E-state index contributed by atoms with van der Waals surface area (Å²) in [4.78, 5) is 11.8. The summed E-state index contributed by atoms with van der Waals surface area (Å²) in [6.07, 6.45) is 1.65. The van der Waals surface area contributed by atoms with Gasteiger partial charge in [-0.25, -0.2) is 4.79 Å². The van der Waals surface area contributed by atoms with E-state index in [1.54, 1.807) is 12.1 Å². The largest absolute Gasteiger partial charge is 0.456 e. The zero-order chi connectivity index (χ0) is 11.5. The lowest BCUT2D eigenvalue weighted by molar-refractivity contribution is 0.00693. The van der Waals surface area contributed by atoms with Gasteiger partial charge in [0.25, 0.3) is 0 Å². The Hall–Kier alpha value is -1.57. The van der Waals surface area contributed by atoms with E-state index in [0.29, 0.717) is 5.56 Å². The highest BCUT2D eigenvalue weighted by molar-refractivity contribution is 5.93. The summed E-state index contributed by atoms with van der Waals surface area (Å²) < 4.78 is 5.28. The van der Waals surface area contributed by atoms with E-state index in [0.717, 1.165) is 5.56 Å². The number of hydrogen-bond acceptors (Lipinski definition) is 2. The predicted molar refractivity (Wildman–Crippen MR) is 61.7 cm³/mol. The molecule has 0 heterocycles. The Bertz CT molecular complexity index is 372. The summed E-state index contributed by atoms with van der Waals surface area (Å²) in [7, 11) is 0. The second kappa shape index (κ2) is 4.30. The van der Waals surface area contributed by atoms with Crippen LogP contribution in [0.5, 0.6) is 0 Å². The van der Waals surface area contributed by atoms with Crippen molar-refractivity contribution < 1.29 is 9.53 Å². The number of hydrogen-bond donors (Lipinski definition) is 0. The molecule has 0 atom stereocenters. The highest BCUT2D eigenvalue weighted by Gasteiger charge is 2.18. The molecule has 0 bridgehead atoms. The Balaban J connectivity index is 2.96. The topological polar surface area (TPSA) is 26.3 Å². The van der Waals surface area contributed by atoms with Gasteiger partial charge in [0, 0.05) is 0 Å². The Morgan fingerprint density at radius 2 is 1.93 bits per heavy atom. The van der Waals surface area contributed by atoms with Crippen LogP contribution >= 0.6 is 0 Å². The fourth-order valence-electron chi connectivity index (χ4n) is 1.19. The van der Waals surface area contributed by atoms with Gasteiger partial charge in [0.2, 0.25) is 0 Å². The third kappa shape index (κ3) is 3.24. The standard InChI is InChI=1S/C13H16O2/c1-5-10-8-6-7-9-11(10)12(14)15-13(2,3)4/h5-9H,1H2,2-4H3. The minimum Gasteiger partial charge on any atom is -0.456 e. The van der Waals surface area contributed by atoms with Crippen LogP contribution in [0, 0.1) is 0 Å². The van der Waals surface area contributed by atoms with E-state index < -0.39 is 5.60 Å². The second-order valence-corrected chi connectivity index (χ2v) is 4.29. The summed E-state index contributed by atoms with van der Waals surface area (Å²) >= 11 is 0. The minimum atomic E-state index is -0.467. The van der Waals surface area contributed by atoms with Crippen molar-refractivity contribution in [3.63, 3.8) is 0 Å². The third-order valence-corrected chi connectivity index (χ3v) is 1.80. The third-order valence-electron chi connectivity index (χ3n) is 1.80. The van der Waals surface area contributed by atoms with Crippen LogP contribution in [0.3, 0.4) is 0 Å². The van der Waals surface area contributed by atoms with E-state index in [4.69, 9.17) is 4.74 Å². The van der Waals surface area contributed by atoms with E-state index in [1.807, 2.05) is 39.0 Å². The molecular formula is C13H16O2. The summed E-state index contributed by atoms with van der Waals surface area (Å²) in [5.74, 6) is -0.307. The molecule has 0 aliphatic carbocycles. The molecule has 0 radical (unpaired) electrons. The lowest BCUT2D eigenvalue weighted by Crippen LogP contribution is -2.24. The van der Waals surface area contributed by atoms with E-state index >= 15 is 0 Å². The van der Waals surface area contributed by atoms with Crippen molar-refractivity contribution in [2.24, 2.45) is 0 Å². The first kappa shape index (κ1) is 11.5. The molecule has 0 amide bonds. The monoisotopic (exact) mass is 204 g/mol. The molecule has 2 heteroatoms. The van der Waals surface area contributed by atoms with Gasteiger partial charge in [0.05, 0.1) is 5.56 Å². The maximum atomic E-state index is 11.8. The molecular weight excluding hydrogens is 188 g/mol. The van der Waals surface area contributed by atoms with Gasteiger partial charge >= 0.3 is 5.97 Å². The molecule has 1 aromatic rings. The van der Waals surface area contributed by atoms with Gasteiger partial charge in [-0.15, -0.1) is 0 Å². The summed E-state index contributed by atoms with van der Waals surface area (Å²) in [5.41, 5.74) is 0.889. The van der Waals surface area contributed by atoms with Crippen LogP contribution in [0.2, 0.25) is 0 Å². The second-order valence-electron chi connectivity index (χ2n) is 4.29. The molecule has 15 heavy (non-hydrogen) atoms. The lowest BCUT2D eigenvalue weighted by Gasteiger charge is -2.20. The van der Waals surface area contributed by atoms with Crippen LogP contribution < -0.4 is 0 Å². The fourth-order valence-corrected chi connectivity index (χ4v) is 1.19. The number of carbonyl (C=O) groups is 1. The Morgan fingerprint density at radius 1 is 1.33 bits per heavy atom. The molecule has 0 saturated heterocycles. The first-order valence-corrected chi connectivity index (χ1v) is 4.89. The van der Waals surface area contributed by atoms with Crippen molar-refractivity contribution in [1.82, 2.24) is 0 Å². The van der Waals surface area contributed by atoms with Gasteiger partial charge in [-0.3, -0.25) is 0 Å². The molecule has 80 valence electrons. The first-order valence-electron chi connectivity index (χ1n) is 4.89. The van der Waals surface area contributed by atoms with Crippen LogP contribution in [0.4, 0.5) is 0 Å². The van der Waals surface area contributed by atoms with Crippen molar-refractivity contribution in [3.8, 4) is 0 Å². The number of rotatable bonds is 2. The normalized spacial score (nSPS) is 10.9. The van der Waals surface area contributed by atoms with E-state index in [1.165, 1.54) is 0 Å². The Morgan fingerprint density at radius 3 is 2.47 bits per heavy atom. The SMILES string of the molecule is C=Cc1ccccc1C(=O)OC(C)(C)C. The maximum Gasteiger partial charge on any atom is 0.339 e. The molecule has 1 rings (SSSR count). The highest BCUT2D eigenvalue weighted by Crippen LogP contribution is 2.16. The van der Waals surface area contributed by atoms with E-state index in [2.05, 4.69) is 6.58 Å². The molecule has 1 aromatic carbocycles. The number of ether oxygens (including phenoxy) is 1. The highest BCUT2D eigenvalue weighted by atomic mass is 16.6. The average Bonchev–Trinajstić information content (AvgIpc) is 2.15. The molecule has 0 N–H and O–H groups in total. The zero-order valence-electron chi connectivity index (χ0n) is 9.41. The van der Waals surface area contributed by atoms with Crippen molar-refractivity contribution in [1.29, 1.82) is 0 Å². The van der Waals surface area contributed by atoms with Gasteiger partial charge in [-0.1, -0.05) is 30.9 Å². The van der Waals surface area contributed by atoms with Gasteiger partial charge in [-0.2, -0.15) is 0 Å². The fraction of sp³-hybridized carbons (Fsp3) is 0.308. The molecule has 0 unspecified atom stereocenters. The number of benzene rings is 1. The molecule has 0 aromatic heterocycles. The Kier molecular flexibility index (Phi) is 3.30. The van der Waals surface area contributed by atoms with E-state index in [-0.39, 0.29) is 5.97 Å². The average molecular weight is 204 g/mol. The van der Waals surface area contributed by atoms with Crippen LogP contribution in [-0.2, 0) is 4.74 Å². The molecule has 0 aliphatic heterocycles. The summed E-state index contributed by atoms with van der Waals surface area (Å²) in [6, 6.07) is 7.26. The first-order chi connectivity index (χ1) is 6.94. The molecule has 0 saturated carbocycles. The number of esters is 1. The molecule has 0 fully saturated rings. The minimum absolute atomic E-state index is 0.307. The molecule has 2 nitrogen and oxygen atoms in total. The van der Waals surface area contributed by atoms with Gasteiger partial charge in [0.1, 0.15) is 5.60 Å². The van der Waals surface area contributed by atoms with E-state index in [9.17, 15) is 4.79 Å². The van der Waals surface area contributed by atoms with Crippen LogP contribution in [-0.4, -0.2) is 11.6 Å². The molecule has 0 spiro atoms. The smallest absolute Gasteiger partial charge is 0.339 e. The maximum absolute atomic E-state index is 11.8. The van der Waals surface area contributed by atoms with Gasteiger partial charge in [0.15, 0.2) is 0 Å². The number of carbonyl (C=O) groups excluding carboxylic acids is 1. The lowest BCUT2D eigenvalue weighted by atomic mass is 10.1. The zero-order valence-corrected chi connectivity index (χ0v) is 9.41. The quantitative estimate of drug-likeness (QED) is 0.691. The van der Waals surface area contributed by atoms with Crippen LogP contribution in [0.15, 0.2) is 30.8 Å². The Labute approximate surface area is 90.6 Å². The summed E-state index contributed by atoms with van der Waals surface area (Å²) in [6.45, 7) is 9.21. The van der Waals surface area contributed by atoms with Crippen molar-refractivity contribution >= 4 is 12.0 Å². The van der Waals surface area contributed by atoms with Crippen molar-refractivity contribution in [3.05, 3.63) is 42.0 Å². The van der Waals surface area contributed by atoms with Crippen LogP contribution in [0.1, 0.15) is 36.7 Å². The predicted octanol–water partition coefficient (Wildman–Crippen LogP) is 3.28. The summed E-state index contributed by atoms with van der Waals surface area (Å²) in [5, 5.41) is 0. The van der Waals surface area contributed by atoms with Crippen molar-refractivity contribution in [2.45, 2.75) is 26.4 Å². The van der Waals surface area contributed by atoms with Crippen molar-refractivity contribution in [2.75, 3.05) is 0 Å².